The molecule has 0 aliphatic rings. The van der Waals surface area contributed by atoms with Crippen LogP contribution < -0.4 is 10.3 Å². The van der Waals surface area contributed by atoms with Crippen LogP contribution in [0.3, 0.4) is 0 Å². The Bertz CT molecular complexity index is 1160. The molecule has 0 saturated carbocycles. The van der Waals surface area contributed by atoms with Crippen LogP contribution in [0.15, 0.2) is 83.8 Å². The van der Waals surface area contributed by atoms with E-state index in [2.05, 4.69) is 5.10 Å². The van der Waals surface area contributed by atoms with E-state index in [0.29, 0.717) is 5.39 Å². The van der Waals surface area contributed by atoms with Crippen molar-refractivity contribution < 1.29 is 4.74 Å². The molecule has 1 heterocycles. The van der Waals surface area contributed by atoms with Crippen molar-refractivity contribution in [3.63, 3.8) is 0 Å². The molecule has 0 unspecified atom stereocenters. The molecule has 4 heteroatoms. The van der Waals surface area contributed by atoms with Crippen LogP contribution in [0.2, 0.25) is 0 Å². The minimum absolute atomic E-state index is 0.121. The second-order valence-corrected chi connectivity index (χ2v) is 6.15. The zero-order valence-electron chi connectivity index (χ0n) is 14.9. The van der Waals surface area contributed by atoms with Gasteiger partial charge in [-0.25, -0.2) is 0 Å². The summed E-state index contributed by atoms with van der Waals surface area (Å²) in [7, 11) is 1.65. The summed E-state index contributed by atoms with van der Waals surface area (Å²) in [5.74, 6) is 0.832. The molecule has 0 radical (unpaired) electrons. The number of rotatable bonds is 4. The van der Waals surface area contributed by atoms with Gasteiger partial charge in [0.15, 0.2) is 0 Å². The first-order valence-electron chi connectivity index (χ1n) is 8.64. The predicted molar refractivity (Wildman–Crippen MR) is 109 cm³/mol. The van der Waals surface area contributed by atoms with Gasteiger partial charge in [-0.1, -0.05) is 48.6 Å². The first kappa shape index (κ1) is 16.8. The van der Waals surface area contributed by atoms with E-state index in [1.54, 1.807) is 13.3 Å². The molecule has 0 spiro atoms. The third-order valence-electron chi connectivity index (χ3n) is 4.40. The van der Waals surface area contributed by atoms with Crippen LogP contribution in [-0.2, 0) is 0 Å². The number of ether oxygens (including phenoxy) is 1. The first-order chi connectivity index (χ1) is 13.2. The highest BCUT2D eigenvalue weighted by molar-refractivity contribution is 5.84. The number of fused-ring (bicyclic) bond motifs is 1. The second kappa shape index (κ2) is 7.30. The number of nitrogens with zero attached hydrogens (tertiary/aromatic N) is 2. The van der Waals surface area contributed by atoms with Crippen LogP contribution in [0, 0.1) is 0 Å². The summed E-state index contributed by atoms with van der Waals surface area (Å²) in [5, 5.41) is 5.79. The van der Waals surface area contributed by atoms with Crippen LogP contribution in [0.1, 0.15) is 11.1 Å². The average Bonchev–Trinajstić information content (AvgIpc) is 2.73. The summed E-state index contributed by atoms with van der Waals surface area (Å²) in [6.45, 7) is 0. The Balaban J connectivity index is 1.66. The van der Waals surface area contributed by atoms with E-state index in [9.17, 15) is 4.79 Å². The molecule has 0 fully saturated rings. The summed E-state index contributed by atoms with van der Waals surface area (Å²) < 4.78 is 6.60. The van der Waals surface area contributed by atoms with Gasteiger partial charge < -0.3 is 4.74 Å². The van der Waals surface area contributed by atoms with E-state index in [4.69, 9.17) is 4.74 Å². The Labute approximate surface area is 157 Å². The second-order valence-electron chi connectivity index (χ2n) is 6.15. The van der Waals surface area contributed by atoms with Gasteiger partial charge in [-0.15, -0.1) is 0 Å². The highest BCUT2D eigenvalue weighted by atomic mass is 16.5. The van der Waals surface area contributed by atoms with Crippen molar-refractivity contribution in [1.29, 1.82) is 0 Å². The SMILES string of the molecule is COc1ccc(/C=C/c2ccc3c(=O)n(-c4ccccc4)ncc3c2)cc1. The Hall–Kier alpha value is -3.66. The van der Waals surface area contributed by atoms with Gasteiger partial charge in [0.2, 0.25) is 0 Å². The third kappa shape index (κ3) is 3.51. The molecule has 0 atom stereocenters. The fourth-order valence-corrected chi connectivity index (χ4v) is 2.93. The van der Waals surface area contributed by atoms with Crippen LogP contribution in [0.4, 0.5) is 0 Å². The number of aromatic nitrogens is 2. The fraction of sp³-hybridized carbons (Fsp3) is 0.0435. The fourth-order valence-electron chi connectivity index (χ4n) is 2.93. The smallest absolute Gasteiger partial charge is 0.279 e. The van der Waals surface area contributed by atoms with Gasteiger partial charge in [0.1, 0.15) is 5.75 Å². The Morgan fingerprint density at radius 3 is 2.33 bits per heavy atom. The minimum Gasteiger partial charge on any atom is -0.497 e. The van der Waals surface area contributed by atoms with Crippen molar-refractivity contribution in [2.45, 2.75) is 0 Å². The van der Waals surface area contributed by atoms with Crippen molar-refractivity contribution in [3.8, 4) is 11.4 Å². The van der Waals surface area contributed by atoms with Gasteiger partial charge >= 0.3 is 0 Å². The maximum atomic E-state index is 12.8. The topological polar surface area (TPSA) is 44.1 Å². The third-order valence-corrected chi connectivity index (χ3v) is 4.40. The molecule has 3 aromatic carbocycles. The lowest BCUT2D eigenvalue weighted by Gasteiger charge is -2.06. The molecular weight excluding hydrogens is 336 g/mol. The van der Waals surface area contributed by atoms with E-state index in [1.165, 1.54) is 4.68 Å². The van der Waals surface area contributed by atoms with Gasteiger partial charge in [-0.2, -0.15) is 9.78 Å². The van der Waals surface area contributed by atoms with Crippen molar-refractivity contribution >= 4 is 22.9 Å². The summed E-state index contributed by atoms with van der Waals surface area (Å²) >= 11 is 0. The van der Waals surface area contributed by atoms with Crippen LogP contribution >= 0.6 is 0 Å². The minimum atomic E-state index is -0.121. The van der Waals surface area contributed by atoms with Gasteiger partial charge in [0.05, 0.1) is 24.4 Å². The summed E-state index contributed by atoms with van der Waals surface area (Å²) in [6, 6.07) is 23.0. The lowest BCUT2D eigenvalue weighted by Crippen LogP contribution is -2.20. The average molecular weight is 354 g/mol. The summed E-state index contributed by atoms with van der Waals surface area (Å²) in [4.78, 5) is 12.8. The highest BCUT2D eigenvalue weighted by Gasteiger charge is 2.06. The highest BCUT2D eigenvalue weighted by Crippen LogP contribution is 2.17. The molecule has 4 rings (SSSR count). The molecule has 1 aromatic heterocycles. The monoisotopic (exact) mass is 354 g/mol. The van der Waals surface area contributed by atoms with E-state index < -0.39 is 0 Å². The van der Waals surface area contributed by atoms with Gasteiger partial charge in [0.25, 0.3) is 5.56 Å². The molecular formula is C23H18N2O2. The Morgan fingerprint density at radius 1 is 0.889 bits per heavy atom. The van der Waals surface area contributed by atoms with Crippen LogP contribution in [0.5, 0.6) is 5.75 Å². The van der Waals surface area contributed by atoms with Crippen molar-refractivity contribution in [3.05, 3.63) is 100 Å². The van der Waals surface area contributed by atoms with Crippen molar-refractivity contribution in [1.82, 2.24) is 9.78 Å². The molecule has 0 aliphatic carbocycles. The standard InChI is InChI=1S/C23H18N2O2/c1-27-21-12-9-17(10-13-21)7-8-18-11-14-22-19(15-18)16-24-25(23(22)26)20-5-3-2-4-6-20/h2-16H,1H3/b8-7+. The maximum absolute atomic E-state index is 12.8. The molecule has 0 saturated heterocycles. The summed E-state index contributed by atoms with van der Waals surface area (Å²) in [5.41, 5.74) is 2.72. The molecule has 0 aliphatic heterocycles. The molecule has 0 amide bonds. The quantitative estimate of drug-likeness (QED) is 0.505. The number of methoxy groups -OCH3 is 1. The van der Waals surface area contributed by atoms with E-state index in [-0.39, 0.29) is 5.56 Å². The lowest BCUT2D eigenvalue weighted by atomic mass is 10.1. The largest absolute Gasteiger partial charge is 0.497 e. The Morgan fingerprint density at radius 2 is 1.59 bits per heavy atom. The van der Waals surface area contributed by atoms with Crippen LogP contribution in [0.25, 0.3) is 28.6 Å². The number of benzene rings is 3. The van der Waals surface area contributed by atoms with Gasteiger partial charge in [0, 0.05) is 5.39 Å². The van der Waals surface area contributed by atoms with E-state index in [0.717, 1.165) is 28.0 Å². The normalized spacial score (nSPS) is 11.1. The van der Waals surface area contributed by atoms with Crippen molar-refractivity contribution in [2.75, 3.05) is 7.11 Å². The molecule has 4 aromatic rings. The zero-order valence-corrected chi connectivity index (χ0v) is 14.9. The van der Waals surface area contributed by atoms with E-state index >= 15 is 0 Å². The maximum Gasteiger partial charge on any atom is 0.279 e. The number of hydrogen-bond donors (Lipinski definition) is 0. The van der Waals surface area contributed by atoms with Gasteiger partial charge in [-0.05, 0) is 47.5 Å². The van der Waals surface area contributed by atoms with Gasteiger partial charge in [-0.3, -0.25) is 4.79 Å². The Kier molecular flexibility index (Phi) is 4.54. The lowest BCUT2D eigenvalue weighted by molar-refractivity contribution is 0.415. The predicted octanol–water partition coefficient (Wildman–Crippen LogP) is 4.56. The summed E-state index contributed by atoms with van der Waals surface area (Å²) in [6.07, 6.45) is 5.78. The number of para-hydroxylation sites is 1. The number of hydrogen-bond acceptors (Lipinski definition) is 3. The molecule has 0 bridgehead atoms. The van der Waals surface area contributed by atoms with Crippen LogP contribution in [-0.4, -0.2) is 16.9 Å². The first-order valence-corrected chi connectivity index (χ1v) is 8.64. The van der Waals surface area contributed by atoms with E-state index in [1.807, 2.05) is 84.9 Å². The molecule has 4 nitrogen and oxygen atoms in total. The van der Waals surface area contributed by atoms with Crippen molar-refractivity contribution in [2.24, 2.45) is 0 Å². The molecule has 27 heavy (non-hydrogen) atoms. The molecule has 0 N–H and O–H groups in total. The zero-order chi connectivity index (χ0) is 18.6. The molecule has 132 valence electrons.